The molecule has 8 heteroatoms. The van der Waals surface area contributed by atoms with Crippen LogP contribution in [-0.4, -0.2) is 56.9 Å². The van der Waals surface area contributed by atoms with E-state index in [1.807, 2.05) is 30.5 Å². The van der Waals surface area contributed by atoms with Gasteiger partial charge in [-0.1, -0.05) is 55.9 Å². The van der Waals surface area contributed by atoms with Crippen LogP contribution < -0.4 is 15.8 Å². The first-order valence-electron chi connectivity index (χ1n) is 16.5. The molecule has 2 aromatic rings. The molecule has 2 heterocycles. The second-order valence-electron chi connectivity index (χ2n) is 12.8. The smallest absolute Gasteiger partial charge is 0.161 e. The largest absolute Gasteiger partial charge is 0.504 e. The third-order valence-electron chi connectivity index (χ3n) is 9.62. The lowest BCUT2D eigenvalue weighted by Gasteiger charge is -2.31. The first-order valence-corrected chi connectivity index (χ1v) is 16.5. The lowest BCUT2D eigenvalue weighted by molar-refractivity contribution is -0.00706. The molecule has 1 aromatic heterocycles. The molecule has 3 aliphatic rings. The lowest BCUT2D eigenvalue weighted by atomic mass is 9.79. The van der Waals surface area contributed by atoms with Crippen LogP contribution in [0.2, 0.25) is 0 Å². The number of nitrogens with two attached hydrogens (primary N) is 1. The zero-order valence-corrected chi connectivity index (χ0v) is 26.2. The summed E-state index contributed by atoms with van der Waals surface area (Å²) in [6.45, 7) is 2.57. The van der Waals surface area contributed by atoms with Gasteiger partial charge < -0.3 is 41.2 Å². The van der Waals surface area contributed by atoms with Crippen molar-refractivity contribution in [3.05, 3.63) is 83.5 Å². The fourth-order valence-corrected chi connectivity index (χ4v) is 7.00. The van der Waals surface area contributed by atoms with Crippen LogP contribution >= 0.6 is 0 Å². The Labute approximate surface area is 267 Å². The molecule has 242 valence electrons. The van der Waals surface area contributed by atoms with Crippen molar-refractivity contribution in [3.63, 3.8) is 0 Å². The van der Waals surface area contributed by atoms with Gasteiger partial charge in [0.15, 0.2) is 11.5 Å². The van der Waals surface area contributed by atoms with Crippen molar-refractivity contribution in [3.8, 4) is 23.3 Å². The molecule has 0 saturated carbocycles. The zero-order chi connectivity index (χ0) is 31.8. The van der Waals surface area contributed by atoms with Crippen LogP contribution in [0.1, 0.15) is 69.0 Å². The van der Waals surface area contributed by atoms with Gasteiger partial charge in [-0.3, -0.25) is 0 Å². The maximum absolute atomic E-state index is 11.4. The Bertz CT molecular complexity index is 1400. The predicted octanol–water partition coefficient (Wildman–Crippen LogP) is 4.64. The van der Waals surface area contributed by atoms with E-state index < -0.39 is 18.3 Å². The number of aromatic nitrogens is 1. The van der Waals surface area contributed by atoms with Crippen LogP contribution in [0, 0.1) is 35.5 Å². The van der Waals surface area contributed by atoms with Gasteiger partial charge >= 0.3 is 0 Å². The molecule has 5 rings (SSSR count). The van der Waals surface area contributed by atoms with Crippen molar-refractivity contribution in [1.82, 2.24) is 10.3 Å². The van der Waals surface area contributed by atoms with E-state index in [1.54, 1.807) is 12.1 Å². The molecular formula is C37H49N3O5. The molecule has 0 unspecified atom stereocenters. The van der Waals surface area contributed by atoms with Crippen molar-refractivity contribution in [1.29, 1.82) is 0 Å². The summed E-state index contributed by atoms with van der Waals surface area (Å²) in [6.07, 6.45) is 14.4. The molecular weight excluding hydrogens is 566 g/mol. The molecule has 1 aromatic carbocycles. The first-order chi connectivity index (χ1) is 21.8. The normalized spacial score (nSPS) is 28.2. The lowest BCUT2D eigenvalue weighted by Crippen LogP contribution is -2.36. The first kappa shape index (κ1) is 32.7. The van der Waals surface area contributed by atoms with E-state index in [9.17, 15) is 20.4 Å². The van der Waals surface area contributed by atoms with Gasteiger partial charge in [-0.15, -0.1) is 0 Å². The molecule has 0 radical (unpaired) electrons. The highest BCUT2D eigenvalue weighted by molar-refractivity contribution is 5.44. The summed E-state index contributed by atoms with van der Waals surface area (Å²) in [5, 5.41) is 46.9. The summed E-state index contributed by atoms with van der Waals surface area (Å²) in [6, 6.07) is 9.26. The summed E-state index contributed by atoms with van der Waals surface area (Å²) in [5.41, 5.74) is 9.11. The number of aliphatic hydroxyl groups is 3. The number of benzene rings is 1. The predicted molar refractivity (Wildman–Crippen MR) is 176 cm³/mol. The van der Waals surface area contributed by atoms with E-state index in [-0.39, 0.29) is 41.8 Å². The van der Waals surface area contributed by atoms with Gasteiger partial charge in [-0.05, 0) is 85.9 Å². The Balaban J connectivity index is 1.35. The number of fused-ring (bicyclic) bond motifs is 1. The molecule has 0 fully saturated rings. The number of phenolic OH excluding ortho intramolecular Hbond substituents is 1. The number of hydrogen-bond acceptors (Lipinski definition) is 7. The number of phenols is 1. The fourth-order valence-electron chi connectivity index (χ4n) is 7.00. The van der Waals surface area contributed by atoms with Gasteiger partial charge in [-0.25, -0.2) is 0 Å². The van der Waals surface area contributed by atoms with Crippen molar-refractivity contribution in [2.45, 2.75) is 82.5 Å². The highest BCUT2D eigenvalue weighted by atomic mass is 16.5. The van der Waals surface area contributed by atoms with Gasteiger partial charge in [-0.2, -0.15) is 0 Å². The molecule has 0 spiro atoms. The second-order valence-corrected chi connectivity index (χ2v) is 12.8. The quantitative estimate of drug-likeness (QED) is 0.152. The molecule has 45 heavy (non-hydrogen) atoms. The number of H-pyrrole nitrogens is 1. The zero-order valence-electron chi connectivity index (χ0n) is 26.2. The fraction of sp³-hybridized carbons (Fsp3) is 0.514. The van der Waals surface area contributed by atoms with Crippen LogP contribution in [0.4, 0.5) is 0 Å². The van der Waals surface area contributed by atoms with Crippen molar-refractivity contribution >= 4 is 0 Å². The average Bonchev–Trinajstić information content (AvgIpc) is 3.49. The van der Waals surface area contributed by atoms with Crippen LogP contribution in [0.5, 0.6) is 11.5 Å². The van der Waals surface area contributed by atoms with Gasteiger partial charge in [0, 0.05) is 42.1 Å². The SMILES string of the molecule is CC[C@@H]1C#C[C@@H]2C=C[C@@H](c3ccc(O)c(O[C@H](CO)C[C@H](Cc4ccc[nH]4)C4=CCNC(N)=C4)c3)C[C@@H](O)[C@H]2[C@@H](O)CCCC1. The minimum atomic E-state index is -0.741. The van der Waals surface area contributed by atoms with Gasteiger partial charge in [0.25, 0.3) is 0 Å². The van der Waals surface area contributed by atoms with Gasteiger partial charge in [0.05, 0.1) is 24.6 Å². The van der Waals surface area contributed by atoms with E-state index >= 15 is 0 Å². The van der Waals surface area contributed by atoms with Gasteiger partial charge in [0.1, 0.15) is 6.10 Å². The molecule has 0 bridgehead atoms. The molecule has 0 saturated heterocycles. The summed E-state index contributed by atoms with van der Waals surface area (Å²) < 4.78 is 6.29. The third-order valence-corrected chi connectivity index (χ3v) is 9.62. The maximum atomic E-state index is 11.4. The Hall–Kier alpha value is -3.64. The van der Waals surface area contributed by atoms with E-state index in [4.69, 9.17) is 10.5 Å². The topological polar surface area (TPSA) is 144 Å². The Kier molecular flexibility index (Phi) is 11.3. The number of dihydropyridines is 1. The molecule has 8 nitrogen and oxygen atoms in total. The highest BCUT2D eigenvalue weighted by Gasteiger charge is 2.36. The number of ether oxygens (including phenoxy) is 1. The highest BCUT2D eigenvalue weighted by Crippen LogP contribution is 2.39. The molecule has 1 aliphatic heterocycles. The second kappa shape index (κ2) is 15.6. The minimum Gasteiger partial charge on any atom is -0.504 e. The van der Waals surface area contributed by atoms with E-state index in [0.717, 1.165) is 48.9 Å². The summed E-state index contributed by atoms with van der Waals surface area (Å²) in [7, 11) is 0. The number of aromatic amines is 1. The maximum Gasteiger partial charge on any atom is 0.161 e. The number of nitrogens with one attached hydrogen (secondary N) is 2. The summed E-state index contributed by atoms with van der Waals surface area (Å²) >= 11 is 0. The Morgan fingerprint density at radius 2 is 1.93 bits per heavy atom. The van der Waals surface area contributed by atoms with Crippen LogP contribution in [0.15, 0.2) is 72.2 Å². The summed E-state index contributed by atoms with van der Waals surface area (Å²) in [5.74, 6) is 7.35. The Morgan fingerprint density at radius 1 is 1.09 bits per heavy atom. The van der Waals surface area contributed by atoms with Crippen molar-refractivity contribution in [2.75, 3.05) is 13.2 Å². The number of aliphatic hydroxyl groups excluding tert-OH is 3. The monoisotopic (exact) mass is 615 g/mol. The standard InChI is InChI=1S/C37H49N3O5/c1-2-24-6-3-4-8-33(43)37-25(10-9-24)11-12-26(20-34(37)44)27-13-14-32(42)35(21-27)45-31(23-41)19-29(18-30-7-5-16-39-30)28-15-17-40-36(38)22-28/h5,7,11-16,21-22,24-26,29,31,33-34,37,39-44H,2-4,6,8,17-20,23,38H2,1H3/t24-,25+,26+,29-,31-,33-,34+,37+/m0/s1. The van der Waals surface area contributed by atoms with Crippen molar-refractivity contribution < 1.29 is 25.2 Å². The third kappa shape index (κ3) is 8.55. The number of hydrogen-bond donors (Lipinski definition) is 7. The number of rotatable bonds is 10. The Morgan fingerprint density at radius 3 is 2.69 bits per heavy atom. The molecule has 8 atom stereocenters. The van der Waals surface area contributed by atoms with E-state index in [1.165, 1.54) is 0 Å². The van der Waals surface area contributed by atoms with Crippen LogP contribution in [-0.2, 0) is 6.42 Å². The number of allylic oxidation sites excluding steroid dienone is 4. The van der Waals surface area contributed by atoms with Gasteiger partial charge in [0.2, 0.25) is 0 Å². The molecule has 2 aliphatic carbocycles. The van der Waals surface area contributed by atoms with E-state index in [0.29, 0.717) is 37.5 Å². The minimum absolute atomic E-state index is 0.0115. The van der Waals surface area contributed by atoms with Crippen LogP contribution in [0.3, 0.4) is 0 Å². The molecule has 0 amide bonds. The number of aromatic hydroxyl groups is 1. The van der Waals surface area contributed by atoms with Crippen molar-refractivity contribution in [2.24, 2.45) is 29.4 Å². The average molecular weight is 616 g/mol. The van der Waals surface area contributed by atoms with E-state index in [2.05, 4.69) is 47.3 Å². The molecule has 8 N–H and O–H groups in total. The summed E-state index contributed by atoms with van der Waals surface area (Å²) in [4.78, 5) is 3.27. The van der Waals surface area contributed by atoms with Crippen LogP contribution in [0.25, 0.3) is 0 Å².